The summed E-state index contributed by atoms with van der Waals surface area (Å²) in [6.07, 6.45) is 1.38. The zero-order valence-electron chi connectivity index (χ0n) is 11.6. The van der Waals surface area contributed by atoms with Crippen molar-refractivity contribution in [2.45, 2.75) is 25.5 Å². The number of nitrogens with two attached hydrogens (primary N) is 1. The van der Waals surface area contributed by atoms with Gasteiger partial charge in [-0.05, 0) is 18.4 Å². The third kappa shape index (κ3) is 3.37. The van der Waals surface area contributed by atoms with Gasteiger partial charge in [0.05, 0.1) is 10.7 Å². The molecule has 110 valence electrons. The molecule has 1 fully saturated rings. The maximum atomic E-state index is 12.4. The molecule has 1 aromatic carbocycles. The first kappa shape index (κ1) is 15.4. The lowest BCUT2D eigenvalue weighted by molar-refractivity contribution is 0.244. The number of piperidine rings is 1. The van der Waals surface area contributed by atoms with E-state index >= 15 is 0 Å². The predicted molar refractivity (Wildman–Crippen MR) is 84.8 cm³/mol. The van der Waals surface area contributed by atoms with Crippen molar-refractivity contribution >= 4 is 27.2 Å². The second kappa shape index (κ2) is 5.79. The molecule has 2 N–H and O–H groups in total. The van der Waals surface area contributed by atoms with E-state index in [0.717, 1.165) is 5.56 Å². The lowest BCUT2D eigenvalue weighted by Gasteiger charge is -2.38. The van der Waals surface area contributed by atoms with E-state index in [4.69, 9.17) is 18.0 Å². The minimum absolute atomic E-state index is 0.0532. The molecule has 6 heteroatoms. The summed E-state index contributed by atoms with van der Waals surface area (Å²) in [5, 5.41) is 0. The fourth-order valence-electron chi connectivity index (χ4n) is 2.38. The van der Waals surface area contributed by atoms with Crippen LogP contribution in [0.5, 0.6) is 0 Å². The number of hydrogen-bond acceptors (Lipinski definition) is 3. The molecule has 0 radical (unpaired) electrons. The van der Waals surface area contributed by atoms with Gasteiger partial charge in [0, 0.05) is 18.5 Å². The minimum Gasteiger partial charge on any atom is -0.393 e. The number of benzene rings is 1. The van der Waals surface area contributed by atoms with Crippen LogP contribution in [-0.2, 0) is 15.8 Å². The van der Waals surface area contributed by atoms with Gasteiger partial charge in [0.1, 0.15) is 0 Å². The van der Waals surface area contributed by atoms with Crippen LogP contribution < -0.4 is 5.73 Å². The van der Waals surface area contributed by atoms with Gasteiger partial charge < -0.3 is 5.73 Å². The maximum Gasteiger partial charge on any atom is 0.218 e. The number of thiocarbonyl (C=S) groups is 1. The molecule has 0 unspecified atom stereocenters. The molecule has 0 spiro atoms. The Kier molecular flexibility index (Phi) is 4.46. The highest BCUT2D eigenvalue weighted by molar-refractivity contribution is 7.88. The van der Waals surface area contributed by atoms with Crippen LogP contribution in [0.2, 0.25) is 0 Å². The molecule has 1 heterocycles. The highest BCUT2D eigenvalue weighted by Crippen LogP contribution is 2.32. The summed E-state index contributed by atoms with van der Waals surface area (Å²) in [4.78, 5) is 0.484. The van der Waals surface area contributed by atoms with Gasteiger partial charge in [-0.3, -0.25) is 0 Å². The quantitative estimate of drug-likeness (QED) is 0.863. The van der Waals surface area contributed by atoms with Gasteiger partial charge in [0.2, 0.25) is 10.0 Å². The molecule has 0 atom stereocenters. The second-order valence-corrected chi connectivity index (χ2v) is 7.97. The van der Waals surface area contributed by atoms with E-state index in [2.05, 4.69) is 0 Å². The fraction of sp³-hybridized carbons (Fsp3) is 0.500. The van der Waals surface area contributed by atoms with Crippen LogP contribution in [0.25, 0.3) is 0 Å². The van der Waals surface area contributed by atoms with Crippen LogP contribution in [0.3, 0.4) is 0 Å². The molecule has 0 bridgehead atoms. The van der Waals surface area contributed by atoms with Crippen LogP contribution in [0, 0.1) is 5.41 Å². The van der Waals surface area contributed by atoms with E-state index in [-0.39, 0.29) is 11.2 Å². The number of sulfonamides is 1. The van der Waals surface area contributed by atoms with E-state index in [1.54, 1.807) is 4.31 Å². The van der Waals surface area contributed by atoms with Gasteiger partial charge in [-0.25, -0.2) is 12.7 Å². The van der Waals surface area contributed by atoms with E-state index in [1.807, 2.05) is 37.3 Å². The summed E-state index contributed by atoms with van der Waals surface area (Å²) in [5.41, 5.74) is 6.34. The summed E-state index contributed by atoms with van der Waals surface area (Å²) >= 11 is 5.08. The lowest BCUT2D eigenvalue weighted by Crippen LogP contribution is -2.46. The van der Waals surface area contributed by atoms with Gasteiger partial charge >= 0.3 is 0 Å². The van der Waals surface area contributed by atoms with Crippen molar-refractivity contribution in [1.82, 2.24) is 4.31 Å². The van der Waals surface area contributed by atoms with Gasteiger partial charge in [-0.15, -0.1) is 0 Å². The third-order valence-electron chi connectivity index (χ3n) is 4.01. The molecule has 0 saturated carbocycles. The molecule has 0 aliphatic carbocycles. The average Bonchev–Trinajstić information content (AvgIpc) is 2.39. The Morgan fingerprint density at radius 3 is 2.35 bits per heavy atom. The standard InChI is InChI=1S/C14H20N2O2S2/c1-14(13(15)19)7-9-16(10-8-14)20(17,18)11-12-5-3-2-4-6-12/h2-6H,7-11H2,1H3,(H2,15,19). The monoisotopic (exact) mass is 312 g/mol. The zero-order chi connectivity index (χ0) is 14.8. The summed E-state index contributed by atoms with van der Waals surface area (Å²) in [6.45, 7) is 2.99. The van der Waals surface area contributed by atoms with Gasteiger partial charge in [-0.1, -0.05) is 49.5 Å². The van der Waals surface area contributed by atoms with Crippen molar-refractivity contribution < 1.29 is 8.42 Å². The lowest BCUT2D eigenvalue weighted by atomic mass is 9.81. The molecule has 20 heavy (non-hydrogen) atoms. The second-order valence-electron chi connectivity index (χ2n) is 5.57. The Morgan fingerprint density at radius 1 is 1.30 bits per heavy atom. The van der Waals surface area contributed by atoms with Crippen LogP contribution in [0.15, 0.2) is 30.3 Å². The highest BCUT2D eigenvalue weighted by atomic mass is 32.2. The highest BCUT2D eigenvalue weighted by Gasteiger charge is 2.36. The predicted octanol–water partition coefficient (Wildman–Crippen LogP) is 1.90. The fourth-order valence-corrected chi connectivity index (χ4v) is 4.12. The van der Waals surface area contributed by atoms with Crippen LogP contribution in [0.4, 0.5) is 0 Å². The van der Waals surface area contributed by atoms with E-state index in [0.29, 0.717) is 30.9 Å². The van der Waals surface area contributed by atoms with Crippen molar-refractivity contribution in [1.29, 1.82) is 0 Å². The number of rotatable bonds is 4. The molecule has 0 amide bonds. The first-order chi connectivity index (χ1) is 9.33. The molecule has 0 aromatic heterocycles. The Hall–Kier alpha value is -0.980. The van der Waals surface area contributed by atoms with Crippen molar-refractivity contribution in [3.63, 3.8) is 0 Å². The Labute approximate surface area is 126 Å². The Morgan fingerprint density at radius 2 is 1.85 bits per heavy atom. The SMILES string of the molecule is CC1(C(N)=S)CCN(S(=O)(=O)Cc2ccccc2)CC1. The van der Waals surface area contributed by atoms with Gasteiger partial charge in [0.15, 0.2) is 0 Å². The molecule has 2 rings (SSSR count). The van der Waals surface area contributed by atoms with Gasteiger partial charge in [0.25, 0.3) is 0 Å². The van der Waals surface area contributed by atoms with Crippen molar-refractivity contribution in [2.75, 3.05) is 13.1 Å². The third-order valence-corrected chi connectivity index (χ3v) is 6.35. The maximum absolute atomic E-state index is 12.4. The Bertz CT molecular complexity index is 576. The van der Waals surface area contributed by atoms with Crippen molar-refractivity contribution in [3.8, 4) is 0 Å². The smallest absolute Gasteiger partial charge is 0.218 e. The average molecular weight is 312 g/mol. The van der Waals surface area contributed by atoms with E-state index in [1.165, 1.54) is 0 Å². The molecule has 1 saturated heterocycles. The number of nitrogens with zero attached hydrogens (tertiary/aromatic N) is 1. The largest absolute Gasteiger partial charge is 0.393 e. The molecule has 1 aliphatic heterocycles. The van der Waals surface area contributed by atoms with Crippen LogP contribution in [0.1, 0.15) is 25.3 Å². The summed E-state index contributed by atoms with van der Waals surface area (Å²) in [6, 6.07) is 9.25. The van der Waals surface area contributed by atoms with E-state index < -0.39 is 10.0 Å². The molecule has 4 nitrogen and oxygen atoms in total. The van der Waals surface area contributed by atoms with Crippen LogP contribution >= 0.6 is 12.2 Å². The summed E-state index contributed by atoms with van der Waals surface area (Å²) in [7, 11) is -3.26. The van der Waals surface area contributed by atoms with Crippen molar-refractivity contribution in [3.05, 3.63) is 35.9 Å². The molecule has 1 aromatic rings. The molecular weight excluding hydrogens is 292 g/mol. The zero-order valence-corrected chi connectivity index (χ0v) is 13.2. The van der Waals surface area contributed by atoms with Crippen molar-refractivity contribution in [2.24, 2.45) is 11.1 Å². The normalized spacial score (nSPS) is 19.6. The number of hydrogen-bond donors (Lipinski definition) is 1. The van der Waals surface area contributed by atoms with Crippen LogP contribution in [-0.4, -0.2) is 30.8 Å². The van der Waals surface area contributed by atoms with Gasteiger partial charge in [-0.2, -0.15) is 0 Å². The molecular formula is C14H20N2O2S2. The minimum atomic E-state index is -3.26. The van der Waals surface area contributed by atoms with E-state index in [9.17, 15) is 8.42 Å². The first-order valence-corrected chi connectivity index (χ1v) is 8.67. The molecule has 1 aliphatic rings. The Balaban J connectivity index is 2.04. The summed E-state index contributed by atoms with van der Waals surface area (Å²) in [5.74, 6) is 0.0532. The summed E-state index contributed by atoms with van der Waals surface area (Å²) < 4.78 is 26.4. The topological polar surface area (TPSA) is 63.4 Å². The first-order valence-electron chi connectivity index (χ1n) is 6.65.